The van der Waals surface area contributed by atoms with Gasteiger partial charge in [0.1, 0.15) is 19.8 Å². The van der Waals surface area contributed by atoms with Gasteiger partial charge in [0.15, 0.2) is 0 Å². The molecule has 30 nitrogen and oxygen atoms in total. The van der Waals surface area contributed by atoms with Crippen LogP contribution in [0.25, 0.3) is 0 Å². The number of hydrogen-bond donors (Lipinski definition) is 6. The zero-order valence-electron chi connectivity index (χ0n) is 54.3. The van der Waals surface area contributed by atoms with E-state index in [1.165, 1.54) is 54.1 Å². The lowest BCUT2D eigenvalue weighted by Crippen LogP contribution is -2.44. The van der Waals surface area contributed by atoms with Crippen LogP contribution in [0.1, 0.15) is 104 Å². The van der Waals surface area contributed by atoms with Crippen LogP contribution in [-0.4, -0.2) is 202 Å². The second-order valence-electron chi connectivity index (χ2n) is 20.8. The van der Waals surface area contributed by atoms with Gasteiger partial charge in [-0.2, -0.15) is 0 Å². The highest BCUT2D eigenvalue weighted by Gasteiger charge is 2.37. The van der Waals surface area contributed by atoms with E-state index < -0.39 is 153 Å². The third-order valence-electron chi connectivity index (χ3n) is 13.0. The molecule has 3 aromatic carbocycles. The van der Waals surface area contributed by atoms with Gasteiger partial charge in [0.05, 0.1) is 71.9 Å². The summed E-state index contributed by atoms with van der Waals surface area (Å²) in [5, 5.41) is 16.4. The van der Waals surface area contributed by atoms with Crippen LogP contribution in [0, 0.1) is 38.0 Å². The van der Waals surface area contributed by atoms with Crippen molar-refractivity contribution in [3.8, 4) is 0 Å². The Morgan fingerprint density at radius 1 is 0.350 bits per heavy atom. The largest absolute Gasteiger partial charge is 0.461 e. The number of likely N-dealkylation sites (N-methyl/N-ethyl adjacent to an activating group) is 3. The van der Waals surface area contributed by atoms with Gasteiger partial charge in [-0.1, -0.05) is 18.2 Å². The van der Waals surface area contributed by atoms with Gasteiger partial charge in [-0.25, -0.2) is 0 Å². The predicted octanol–water partition coefficient (Wildman–Crippen LogP) is 7.41. The minimum Gasteiger partial charge on any atom is -0.461 e. The Kier molecular flexibility index (Phi) is 38.1. The van der Waals surface area contributed by atoms with Crippen LogP contribution >= 0.6 is 203 Å². The highest BCUT2D eigenvalue weighted by Crippen LogP contribution is 2.40. The molecule has 3 rings (SSSR count). The van der Waals surface area contributed by atoms with E-state index in [1.54, 1.807) is 136 Å². The SMILES string of the molecule is C=CCN(C)C(=O)c1c(I)c(NC(=O)C(COC(C)=O)OC(C)=O)c(I)c(C(=O)NCC(CNC(=O)c2c(I)c(NC(=O)C(COC(C)=O)OC(C)=O)c(I)c(C(=O)N(C)CC=C)c2I)CNC(=O)c2c(I)c(NC(=O)C(COC(C)=O)OC(C)=O)c(I)c(C(=O)N(C)CC=C)c2I)c1I. The summed E-state index contributed by atoms with van der Waals surface area (Å²) in [6, 6.07) is 0. The van der Waals surface area contributed by atoms with Gasteiger partial charge < -0.3 is 75.0 Å². The number of nitrogens with one attached hydrogen (secondary N) is 6. The van der Waals surface area contributed by atoms with Crippen LogP contribution in [-0.2, 0) is 71.6 Å². The first-order chi connectivity index (χ1) is 46.7. The summed E-state index contributed by atoms with van der Waals surface area (Å²) in [5.41, 5.74) is -1.04. The van der Waals surface area contributed by atoms with Crippen molar-refractivity contribution in [2.45, 2.75) is 59.9 Å². The van der Waals surface area contributed by atoms with Crippen molar-refractivity contribution in [2.24, 2.45) is 5.92 Å². The van der Waals surface area contributed by atoms with Gasteiger partial charge in [0.25, 0.3) is 53.2 Å². The molecule has 0 heterocycles. The zero-order chi connectivity index (χ0) is 76.1. The summed E-state index contributed by atoms with van der Waals surface area (Å²) in [5.74, 6) is -13.8. The van der Waals surface area contributed by atoms with E-state index in [0.717, 1.165) is 41.5 Å². The van der Waals surface area contributed by atoms with Crippen molar-refractivity contribution >= 4 is 309 Å². The van der Waals surface area contributed by atoms with Crippen LogP contribution in [0.15, 0.2) is 38.0 Å². The molecule has 0 saturated carbocycles. The number of ether oxygens (including phenoxy) is 6. The molecule has 0 aliphatic rings. The van der Waals surface area contributed by atoms with E-state index in [0.29, 0.717) is 0 Å². The number of esters is 6. The number of halogens is 9. The van der Waals surface area contributed by atoms with Gasteiger partial charge in [0.2, 0.25) is 18.3 Å². The smallest absolute Gasteiger partial charge is 0.303 e. The Bertz CT molecular complexity index is 3470. The molecule has 542 valence electrons. The lowest BCUT2D eigenvalue weighted by molar-refractivity contribution is -0.160. The molecule has 3 aromatic rings. The lowest BCUT2D eigenvalue weighted by Gasteiger charge is -2.25. The van der Waals surface area contributed by atoms with Crippen molar-refractivity contribution in [1.82, 2.24) is 30.7 Å². The summed E-state index contributed by atoms with van der Waals surface area (Å²) in [6.07, 6.45) is -0.779. The Morgan fingerprint density at radius 2 is 0.560 bits per heavy atom. The molecule has 3 unspecified atom stereocenters. The van der Waals surface area contributed by atoms with Gasteiger partial charge in [-0.05, 0) is 203 Å². The number of carbonyl (C=O) groups is 15. The van der Waals surface area contributed by atoms with Crippen LogP contribution in [0.4, 0.5) is 17.1 Å². The first kappa shape index (κ1) is 89.7. The topological polar surface area (TPSA) is 393 Å². The number of benzene rings is 3. The first-order valence-corrected chi connectivity index (χ1v) is 38.3. The highest BCUT2D eigenvalue weighted by atomic mass is 127. The minimum atomic E-state index is -1.71. The van der Waals surface area contributed by atoms with E-state index in [-0.39, 0.29) is 102 Å². The second-order valence-corrected chi connectivity index (χ2v) is 30.5. The number of amides is 9. The highest BCUT2D eigenvalue weighted by molar-refractivity contribution is 14.1. The maximum absolute atomic E-state index is 15.1. The van der Waals surface area contributed by atoms with Crippen LogP contribution in [0.2, 0.25) is 0 Å². The Morgan fingerprint density at radius 3 is 0.750 bits per heavy atom. The quantitative estimate of drug-likeness (QED) is 0.0149. The monoisotopic (exact) mass is 2400 g/mol. The molecule has 0 fully saturated rings. The summed E-state index contributed by atoms with van der Waals surface area (Å²) >= 11 is 16.2. The number of anilines is 3. The predicted molar refractivity (Wildman–Crippen MR) is 438 cm³/mol. The molecule has 39 heteroatoms. The van der Waals surface area contributed by atoms with E-state index in [9.17, 15) is 57.5 Å². The minimum absolute atomic E-state index is 0.0269. The molecule has 0 aromatic heterocycles. The first-order valence-electron chi connectivity index (χ1n) is 28.6. The number of nitrogens with zero attached hydrogens (tertiary/aromatic N) is 3. The zero-order valence-corrected chi connectivity index (χ0v) is 73.8. The molecule has 0 radical (unpaired) electrons. The van der Waals surface area contributed by atoms with Crippen LogP contribution in [0.5, 0.6) is 0 Å². The molecule has 6 N–H and O–H groups in total. The molecule has 0 spiro atoms. The Labute approximate surface area is 696 Å². The fourth-order valence-corrected chi connectivity index (χ4v) is 21.5. The second kappa shape index (κ2) is 42.5. The maximum atomic E-state index is 15.1. The third-order valence-corrected chi connectivity index (χ3v) is 22.7. The number of rotatable bonds is 33. The molecule has 9 amide bonds. The number of hydrogen-bond acceptors (Lipinski definition) is 21. The van der Waals surface area contributed by atoms with Crippen LogP contribution in [0.3, 0.4) is 0 Å². The third kappa shape index (κ3) is 25.1. The average Bonchev–Trinajstić information content (AvgIpc) is 0.778. The van der Waals surface area contributed by atoms with Gasteiger partial charge >= 0.3 is 35.8 Å². The fraction of sp³-hybridized carbons (Fsp3) is 0.361. The summed E-state index contributed by atoms with van der Waals surface area (Å²) in [6.45, 7) is 14.0. The van der Waals surface area contributed by atoms with E-state index in [2.05, 4.69) is 51.6 Å². The van der Waals surface area contributed by atoms with E-state index >= 15 is 14.4 Å². The van der Waals surface area contributed by atoms with E-state index in [4.69, 9.17) is 28.4 Å². The van der Waals surface area contributed by atoms with Crippen molar-refractivity contribution in [2.75, 3.05) is 96.2 Å². The van der Waals surface area contributed by atoms with Gasteiger partial charge in [-0.15, -0.1) is 19.7 Å². The van der Waals surface area contributed by atoms with Gasteiger partial charge in [0, 0.05) is 119 Å². The molecular formula is C61H64I9N9O21. The summed E-state index contributed by atoms with van der Waals surface area (Å²) < 4.78 is 31.4. The van der Waals surface area contributed by atoms with Gasteiger partial charge in [-0.3, -0.25) is 71.9 Å². The molecule has 100 heavy (non-hydrogen) atoms. The molecular weight excluding hydrogens is 2340 g/mol. The maximum Gasteiger partial charge on any atom is 0.303 e. The summed E-state index contributed by atoms with van der Waals surface area (Å²) in [7, 11) is 4.39. The Hall–Kier alpha value is -4.50. The molecule has 0 aliphatic carbocycles. The van der Waals surface area contributed by atoms with Crippen molar-refractivity contribution in [1.29, 1.82) is 0 Å². The van der Waals surface area contributed by atoms with E-state index in [1.807, 2.05) is 67.8 Å². The number of carbonyl (C=O) groups excluding carboxylic acids is 15. The molecule has 0 aliphatic heterocycles. The molecule has 0 saturated heterocycles. The van der Waals surface area contributed by atoms with Crippen molar-refractivity contribution in [3.63, 3.8) is 0 Å². The standard InChI is InChI=1S/C61H64I9N9O21/c1-13-16-77(10)59(92)38-41(62)35(44(65)50(47(38)68)74-53(86)32(98-28(7)83)22-95-25(4)80)56(89)71-19-31(20-72-57(90)36-42(63)39(60(93)78(11)17-14-2)48(69)51(45(36)66)75-54(87)33(99-29(8)84)23-96-26(5)81)21-73-58(91)37-43(64)40(61(94)79(12)18-15-3)49(70)52(46(37)67)76-55(88)34(100-30(9)85)24-97-27(6)82/h13-15,31-34H,1-3,16-24H2,4-12H3,(H,71,89)(H,72,90)(H,73,91)(H,74,86)(H,75,87)(H,76,88). The van der Waals surface area contributed by atoms with Crippen molar-refractivity contribution < 1.29 is 100 Å². The molecule has 3 atom stereocenters. The van der Waals surface area contributed by atoms with Crippen LogP contribution < -0.4 is 31.9 Å². The summed E-state index contributed by atoms with van der Waals surface area (Å²) in [4.78, 5) is 206. The average molecular weight is 2400 g/mol. The molecule has 0 bridgehead atoms. The fourth-order valence-electron chi connectivity index (χ4n) is 8.36. The Balaban J connectivity index is 2.45. The normalized spacial score (nSPS) is 11.8. The van der Waals surface area contributed by atoms with Crippen molar-refractivity contribution in [3.05, 3.63) is 103 Å². The lowest BCUT2D eigenvalue weighted by atomic mass is 10.0.